The van der Waals surface area contributed by atoms with Gasteiger partial charge < -0.3 is 19.1 Å². The van der Waals surface area contributed by atoms with Crippen molar-refractivity contribution in [3.05, 3.63) is 53.6 Å². The van der Waals surface area contributed by atoms with Gasteiger partial charge in [0.25, 0.3) is 5.91 Å². The average molecular weight is 489 g/mol. The van der Waals surface area contributed by atoms with Crippen molar-refractivity contribution < 1.29 is 27.4 Å². The Kier molecular flexibility index (Phi) is 7.75. The van der Waals surface area contributed by atoms with Crippen LogP contribution in [0.1, 0.15) is 47.6 Å². The van der Waals surface area contributed by atoms with Crippen molar-refractivity contribution >= 4 is 15.9 Å². The first-order chi connectivity index (χ1) is 16.5. The van der Waals surface area contributed by atoms with Crippen LogP contribution < -0.4 is 9.47 Å². The van der Waals surface area contributed by atoms with Crippen LogP contribution in [0.2, 0.25) is 0 Å². The van der Waals surface area contributed by atoms with Gasteiger partial charge in [0.2, 0.25) is 10.0 Å². The van der Waals surface area contributed by atoms with Crippen molar-refractivity contribution in [1.29, 1.82) is 0 Å². The molecule has 2 aromatic carbocycles. The summed E-state index contributed by atoms with van der Waals surface area (Å²) in [6, 6.07) is 12.4. The minimum atomic E-state index is -3.83. The number of morpholine rings is 1. The molecule has 2 aliphatic rings. The van der Waals surface area contributed by atoms with Crippen LogP contribution in [-0.4, -0.2) is 70.6 Å². The number of carbonyl (C=O) groups excluding carboxylic acids is 1. The molecule has 8 nitrogen and oxygen atoms in total. The Morgan fingerprint density at radius 3 is 2.35 bits per heavy atom. The summed E-state index contributed by atoms with van der Waals surface area (Å²) in [4.78, 5) is 15.6. The molecule has 4 rings (SSSR count). The molecule has 0 saturated carbocycles. The zero-order valence-electron chi connectivity index (χ0n) is 19.7. The summed E-state index contributed by atoms with van der Waals surface area (Å²) in [5.74, 6) is 0.817. The summed E-state index contributed by atoms with van der Waals surface area (Å²) in [6.07, 6.45) is 3.84. The lowest BCUT2D eigenvalue weighted by atomic mass is 10.00. The molecule has 9 heteroatoms. The molecule has 2 saturated heterocycles. The molecule has 1 atom stereocenters. The highest BCUT2D eigenvalue weighted by molar-refractivity contribution is 7.89. The van der Waals surface area contributed by atoms with Crippen LogP contribution in [-0.2, 0) is 14.8 Å². The average Bonchev–Trinajstić information content (AvgIpc) is 3.14. The Labute approximate surface area is 201 Å². The Morgan fingerprint density at radius 1 is 0.941 bits per heavy atom. The molecule has 34 heavy (non-hydrogen) atoms. The van der Waals surface area contributed by atoms with Gasteiger partial charge in [0.1, 0.15) is 16.4 Å². The fourth-order valence-corrected chi connectivity index (χ4v) is 6.22. The first-order valence-corrected chi connectivity index (χ1v) is 13.1. The minimum absolute atomic E-state index is 0.0126. The van der Waals surface area contributed by atoms with Gasteiger partial charge in [0.05, 0.1) is 33.5 Å². The monoisotopic (exact) mass is 488 g/mol. The second kappa shape index (κ2) is 10.8. The van der Waals surface area contributed by atoms with Gasteiger partial charge in [0, 0.05) is 25.2 Å². The molecule has 184 valence electrons. The van der Waals surface area contributed by atoms with Crippen LogP contribution in [0, 0.1) is 0 Å². The van der Waals surface area contributed by atoms with Crippen LogP contribution in [0.5, 0.6) is 11.5 Å². The summed E-state index contributed by atoms with van der Waals surface area (Å²) in [5.41, 5.74) is 1.39. The first-order valence-electron chi connectivity index (χ1n) is 11.7. The smallest absolute Gasteiger partial charge is 0.254 e. The second-order valence-corrected chi connectivity index (χ2v) is 10.4. The molecule has 2 fully saturated rings. The molecule has 0 aliphatic carbocycles. The van der Waals surface area contributed by atoms with E-state index in [9.17, 15) is 13.2 Å². The van der Waals surface area contributed by atoms with E-state index in [0.717, 1.165) is 37.0 Å². The second-order valence-electron chi connectivity index (χ2n) is 8.52. The molecular weight excluding hydrogens is 456 g/mol. The Morgan fingerprint density at radius 2 is 1.68 bits per heavy atom. The minimum Gasteiger partial charge on any atom is -0.497 e. The van der Waals surface area contributed by atoms with Crippen LogP contribution in [0.3, 0.4) is 0 Å². The van der Waals surface area contributed by atoms with Gasteiger partial charge in [-0.1, -0.05) is 25.0 Å². The van der Waals surface area contributed by atoms with Gasteiger partial charge in [-0.05, 0) is 48.7 Å². The summed E-state index contributed by atoms with van der Waals surface area (Å²) >= 11 is 0. The summed E-state index contributed by atoms with van der Waals surface area (Å²) in [5, 5.41) is 0. The van der Waals surface area contributed by atoms with Gasteiger partial charge in [-0.3, -0.25) is 4.79 Å². The number of hydrogen-bond donors (Lipinski definition) is 0. The van der Waals surface area contributed by atoms with E-state index >= 15 is 0 Å². The van der Waals surface area contributed by atoms with E-state index in [1.165, 1.54) is 17.5 Å². The molecule has 2 aliphatic heterocycles. The molecular formula is C25H32N2O6S. The van der Waals surface area contributed by atoms with Gasteiger partial charge in [0.15, 0.2) is 0 Å². The number of hydrogen-bond acceptors (Lipinski definition) is 6. The molecule has 0 bridgehead atoms. The first kappa shape index (κ1) is 24.5. The van der Waals surface area contributed by atoms with Crippen molar-refractivity contribution in [2.75, 3.05) is 47.1 Å². The molecule has 2 aromatic rings. The quantitative estimate of drug-likeness (QED) is 0.619. The standard InChI is InChI=1S/C25H32N2O6S/c1-31-21-10-7-19(8-11-21)22-6-4-3-5-13-27(22)25(28)20-9-12-23(32-2)24(18-20)34(29,30)26-14-16-33-17-15-26/h7-12,18,22H,3-6,13-17H2,1-2H3/t22-/m1/s1. The lowest BCUT2D eigenvalue weighted by Gasteiger charge is -2.31. The number of carbonyl (C=O) groups is 1. The SMILES string of the molecule is COc1ccc([C@H]2CCCCCN2C(=O)c2ccc(OC)c(S(=O)(=O)N3CCOCC3)c2)cc1. The highest BCUT2D eigenvalue weighted by Gasteiger charge is 2.32. The number of likely N-dealkylation sites (tertiary alicyclic amines) is 1. The van der Waals surface area contributed by atoms with Crippen molar-refractivity contribution in [1.82, 2.24) is 9.21 Å². The Balaban J connectivity index is 1.68. The predicted octanol–water partition coefficient (Wildman–Crippen LogP) is 3.48. The third kappa shape index (κ3) is 5.06. The lowest BCUT2D eigenvalue weighted by molar-refractivity contribution is 0.0680. The van der Waals surface area contributed by atoms with Crippen molar-refractivity contribution in [3.8, 4) is 11.5 Å². The molecule has 0 unspecified atom stereocenters. The lowest BCUT2D eigenvalue weighted by Crippen LogP contribution is -2.41. The predicted molar refractivity (Wildman–Crippen MR) is 128 cm³/mol. The maximum Gasteiger partial charge on any atom is 0.254 e. The maximum atomic E-state index is 13.7. The van der Waals surface area contributed by atoms with Gasteiger partial charge in [-0.2, -0.15) is 4.31 Å². The zero-order valence-corrected chi connectivity index (χ0v) is 20.6. The number of ether oxygens (including phenoxy) is 3. The van der Waals surface area contributed by atoms with E-state index in [1.54, 1.807) is 19.2 Å². The molecule has 0 N–H and O–H groups in total. The maximum absolute atomic E-state index is 13.7. The van der Waals surface area contributed by atoms with E-state index in [1.807, 2.05) is 29.2 Å². The fourth-order valence-electron chi connectivity index (χ4n) is 4.63. The van der Waals surface area contributed by atoms with Crippen molar-refractivity contribution in [3.63, 3.8) is 0 Å². The third-order valence-electron chi connectivity index (χ3n) is 6.51. The Hall–Kier alpha value is -2.62. The van der Waals surface area contributed by atoms with Crippen molar-refractivity contribution in [2.45, 2.75) is 36.6 Å². The number of sulfonamides is 1. The summed E-state index contributed by atoms with van der Waals surface area (Å²) in [6.45, 7) is 1.85. The number of benzene rings is 2. The molecule has 0 spiro atoms. The Bertz CT molecular complexity index is 1100. The molecule has 0 aromatic heterocycles. The van der Waals surface area contributed by atoms with Gasteiger partial charge in [-0.25, -0.2) is 8.42 Å². The molecule has 0 radical (unpaired) electrons. The van der Waals surface area contributed by atoms with Crippen LogP contribution >= 0.6 is 0 Å². The normalized spacial score (nSPS) is 19.9. The highest BCUT2D eigenvalue weighted by atomic mass is 32.2. The highest BCUT2D eigenvalue weighted by Crippen LogP contribution is 2.34. The van der Waals surface area contributed by atoms with Gasteiger partial charge >= 0.3 is 0 Å². The third-order valence-corrected chi connectivity index (χ3v) is 8.43. The number of nitrogens with zero attached hydrogens (tertiary/aromatic N) is 2. The molecule has 1 amide bonds. The van der Waals surface area contributed by atoms with Crippen LogP contribution in [0.4, 0.5) is 0 Å². The zero-order chi connectivity index (χ0) is 24.1. The summed E-state index contributed by atoms with van der Waals surface area (Å²) < 4.78 is 44.1. The van der Waals surface area contributed by atoms with Crippen LogP contribution in [0.25, 0.3) is 0 Å². The van der Waals surface area contributed by atoms with E-state index < -0.39 is 10.0 Å². The molecule has 2 heterocycles. The summed E-state index contributed by atoms with van der Waals surface area (Å²) in [7, 11) is -0.767. The number of methoxy groups -OCH3 is 2. The van der Waals surface area contributed by atoms with E-state index in [4.69, 9.17) is 14.2 Å². The van der Waals surface area contributed by atoms with E-state index in [-0.39, 0.29) is 35.7 Å². The fraction of sp³-hybridized carbons (Fsp3) is 0.480. The number of rotatable bonds is 6. The largest absolute Gasteiger partial charge is 0.497 e. The van der Waals surface area contributed by atoms with Gasteiger partial charge in [-0.15, -0.1) is 0 Å². The van der Waals surface area contributed by atoms with E-state index in [0.29, 0.717) is 25.3 Å². The van der Waals surface area contributed by atoms with E-state index in [2.05, 4.69) is 0 Å². The topological polar surface area (TPSA) is 85.4 Å². The number of amides is 1. The van der Waals surface area contributed by atoms with Crippen LogP contribution in [0.15, 0.2) is 47.4 Å². The van der Waals surface area contributed by atoms with Crippen molar-refractivity contribution in [2.24, 2.45) is 0 Å².